The van der Waals surface area contributed by atoms with Crippen LogP contribution in [0.4, 0.5) is 0 Å². The third-order valence-electron chi connectivity index (χ3n) is 4.66. The van der Waals surface area contributed by atoms with Crippen molar-refractivity contribution < 1.29 is 9.21 Å². The molecule has 3 heteroatoms. The van der Waals surface area contributed by atoms with Crippen LogP contribution in [0.1, 0.15) is 40.7 Å². The van der Waals surface area contributed by atoms with Crippen molar-refractivity contribution in [3.05, 3.63) is 59.5 Å². The third kappa shape index (κ3) is 3.41. The van der Waals surface area contributed by atoms with E-state index in [-0.39, 0.29) is 5.91 Å². The molecule has 3 nitrogen and oxygen atoms in total. The van der Waals surface area contributed by atoms with E-state index in [0.717, 1.165) is 32.4 Å². The first-order chi connectivity index (χ1) is 10.7. The Balaban J connectivity index is 1.57. The number of carbonyl (C=O) groups excluding carboxylic acids is 1. The van der Waals surface area contributed by atoms with Gasteiger partial charge in [0.1, 0.15) is 6.26 Å². The van der Waals surface area contributed by atoms with E-state index in [2.05, 4.69) is 31.2 Å². The van der Waals surface area contributed by atoms with E-state index in [1.54, 1.807) is 18.6 Å². The van der Waals surface area contributed by atoms with E-state index >= 15 is 0 Å². The fourth-order valence-electron chi connectivity index (χ4n) is 3.30. The average Bonchev–Trinajstić information content (AvgIpc) is 3.08. The molecule has 116 valence electrons. The molecule has 22 heavy (non-hydrogen) atoms. The van der Waals surface area contributed by atoms with Crippen molar-refractivity contribution in [3.63, 3.8) is 0 Å². The lowest BCUT2D eigenvalue weighted by atomic mass is 9.90. The van der Waals surface area contributed by atoms with E-state index in [4.69, 9.17) is 4.42 Å². The Labute approximate surface area is 131 Å². The summed E-state index contributed by atoms with van der Waals surface area (Å²) in [4.78, 5) is 14.4. The van der Waals surface area contributed by atoms with Crippen molar-refractivity contribution in [3.8, 4) is 0 Å². The lowest BCUT2D eigenvalue weighted by Crippen LogP contribution is -2.39. The minimum atomic E-state index is 0.106. The second kappa shape index (κ2) is 6.82. The van der Waals surface area contributed by atoms with E-state index < -0.39 is 0 Å². The van der Waals surface area contributed by atoms with Crippen molar-refractivity contribution in [1.82, 2.24) is 4.90 Å². The van der Waals surface area contributed by atoms with Crippen molar-refractivity contribution in [2.24, 2.45) is 5.92 Å². The van der Waals surface area contributed by atoms with Crippen molar-refractivity contribution in [2.45, 2.75) is 32.6 Å². The van der Waals surface area contributed by atoms with Crippen LogP contribution >= 0.6 is 0 Å². The smallest absolute Gasteiger partial charge is 0.257 e. The molecular formula is C19H23NO2. The van der Waals surface area contributed by atoms with Crippen LogP contribution in [0.2, 0.25) is 0 Å². The van der Waals surface area contributed by atoms with Gasteiger partial charge in [0, 0.05) is 13.1 Å². The van der Waals surface area contributed by atoms with Crippen molar-refractivity contribution >= 4 is 5.91 Å². The summed E-state index contributed by atoms with van der Waals surface area (Å²) in [6, 6.07) is 10.3. The van der Waals surface area contributed by atoms with Crippen LogP contribution in [0, 0.1) is 12.8 Å². The number of hydrogen-bond donors (Lipinski definition) is 0. The molecule has 1 atom stereocenters. The molecule has 2 aromatic rings. The van der Waals surface area contributed by atoms with E-state index in [1.165, 1.54) is 17.5 Å². The predicted octanol–water partition coefficient (Wildman–Crippen LogP) is 4.07. The summed E-state index contributed by atoms with van der Waals surface area (Å²) in [7, 11) is 0. The van der Waals surface area contributed by atoms with Gasteiger partial charge in [0.05, 0.1) is 11.8 Å². The van der Waals surface area contributed by atoms with Crippen molar-refractivity contribution in [1.29, 1.82) is 0 Å². The van der Waals surface area contributed by atoms with E-state index in [9.17, 15) is 4.79 Å². The van der Waals surface area contributed by atoms with Gasteiger partial charge in [-0.25, -0.2) is 0 Å². The van der Waals surface area contributed by atoms with Crippen LogP contribution in [0.15, 0.2) is 47.3 Å². The van der Waals surface area contributed by atoms with Gasteiger partial charge in [-0.1, -0.05) is 24.3 Å². The standard InChI is InChI=1S/C19H23NO2/c1-15-5-2-3-7-17(15)9-8-16-6-4-11-20(13-16)19(21)18-10-12-22-14-18/h2-3,5,7,10,12,14,16H,4,6,8-9,11,13H2,1H3/t16-/m1/s1. The molecule has 0 aliphatic carbocycles. The van der Waals surface area contributed by atoms with Crippen LogP contribution in [-0.4, -0.2) is 23.9 Å². The zero-order valence-electron chi connectivity index (χ0n) is 13.1. The lowest BCUT2D eigenvalue weighted by Gasteiger charge is -2.32. The first-order valence-electron chi connectivity index (χ1n) is 8.10. The first-order valence-corrected chi connectivity index (χ1v) is 8.10. The molecule has 1 aliphatic rings. The fourth-order valence-corrected chi connectivity index (χ4v) is 3.30. The number of benzene rings is 1. The minimum absolute atomic E-state index is 0.106. The summed E-state index contributed by atoms with van der Waals surface area (Å²) >= 11 is 0. The van der Waals surface area contributed by atoms with Gasteiger partial charge in [0.15, 0.2) is 0 Å². The summed E-state index contributed by atoms with van der Waals surface area (Å²) in [5, 5.41) is 0. The van der Waals surface area contributed by atoms with Gasteiger partial charge in [-0.2, -0.15) is 0 Å². The molecule has 0 unspecified atom stereocenters. The minimum Gasteiger partial charge on any atom is -0.472 e. The summed E-state index contributed by atoms with van der Waals surface area (Å²) in [6.45, 7) is 3.91. The molecule has 2 heterocycles. The Bertz CT molecular complexity index is 618. The number of furan rings is 1. The highest BCUT2D eigenvalue weighted by Crippen LogP contribution is 2.23. The second-order valence-corrected chi connectivity index (χ2v) is 6.24. The zero-order valence-corrected chi connectivity index (χ0v) is 13.1. The molecule has 1 aliphatic heterocycles. The molecular weight excluding hydrogens is 274 g/mol. The molecule has 0 bridgehead atoms. The normalized spacial score (nSPS) is 18.4. The summed E-state index contributed by atoms with van der Waals surface area (Å²) in [5.41, 5.74) is 3.46. The van der Waals surface area contributed by atoms with Gasteiger partial charge >= 0.3 is 0 Å². The van der Waals surface area contributed by atoms with Crippen LogP contribution < -0.4 is 0 Å². The predicted molar refractivity (Wildman–Crippen MR) is 86.8 cm³/mol. The molecule has 1 amide bonds. The van der Waals surface area contributed by atoms with Crippen LogP contribution in [0.3, 0.4) is 0 Å². The average molecular weight is 297 g/mol. The quantitative estimate of drug-likeness (QED) is 0.852. The highest BCUT2D eigenvalue weighted by atomic mass is 16.3. The van der Waals surface area contributed by atoms with E-state index in [0.29, 0.717) is 11.5 Å². The highest BCUT2D eigenvalue weighted by Gasteiger charge is 2.24. The monoisotopic (exact) mass is 297 g/mol. The van der Waals surface area contributed by atoms with Gasteiger partial charge in [-0.3, -0.25) is 4.79 Å². The lowest BCUT2D eigenvalue weighted by molar-refractivity contribution is 0.0667. The number of nitrogens with zero attached hydrogens (tertiary/aromatic N) is 1. The first kappa shape index (κ1) is 14.9. The number of aryl methyl sites for hydroxylation is 2. The van der Waals surface area contributed by atoms with Gasteiger partial charge in [0.2, 0.25) is 0 Å². The summed E-state index contributed by atoms with van der Waals surface area (Å²) < 4.78 is 5.02. The largest absolute Gasteiger partial charge is 0.472 e. The maximum Gasteiger partial charge on any atom is 0.257 e. The Morgan fingerprint density at radius 3 is 2.95 bits per heavy atom. The Morgan fingerprint density at radius 1 is 1.32 bits per heavy atom. The van der Waals surface area contributed by atoms with Crippen molar-refractivity contribution in [2.75, 3.05) is 13.1 Å². The third-order valence-corrected chi connectivity index (χ3v) is 4.66. The number of rotatable bonds is 4. The Kier molecular flexibility index (Phi) is 4.62. The number of amides is 1. The molecule has 1 saturated heterocycles. The topological polar surface area (TPSA) is 33.5 Å². The molecule has 1 fully saturated rings. The maximum absolute atomic E-state index is 12.4. The molecule has 0 saturated carbocycles. The highest BCUT2D eigenvalue weighted by molar-refractivity contribution is 5.93. The van der Waals surface area contributed by atoms with Gasteiger partial charge < -0.3 is 9.32 Å². The molecule has 0 radical (unpaired) electrons. The Morgan fingerprint density at radius 2 is 2.18 bits per heavy atom. The van der Waals surface area contributed by atoms with Gasteiger partial charge in [-0.05, 0) is 55.7 Å². The Hall–Kier alpha value is -2.03. The SMILES string of the molecule is Cc1ccccc1CC[C@H]1CCCN(C(=O)c2ccoc2)C1. The molecule has 0 N–H and O–H groups in total. The summed E-state index contributed by atoms with van der Waals surface area (Å²) in [5.74, 6) is 0.707. The second-order valence-electron chi connectivity index (χ2n) is 6.24. The zero-order chi connectivity index (χ0) is 15.4. The van der Waals surface area contributed by atoms with Gasteiger partial charge in [-0.15, -0.1) is 0 Å². The molecule has 1 aromatic carbocycles. The van der Waals surface area contributed by atoms with Gasteiger partial charge in [0.25, 0.3) is 5.91 Å². The fraction of sp³-hybridized carbons (Fsp3) is 0.421. The van der Waals surface area contributed by atoms with E-state index in [1.807, 2.05) is 4.90 Å². The summed E-state index contributed by atoms with van der Waals surface area (Å²) in [6.07, 6.45) is 7.68. The number of hydrogen-bond acceptors (Lipinski definition) is 2. The molecule has 3 rings (SSSR count). The molecule has 1 aromatic heterocycles. The van der Waals surface area contributed by atoms with Crippen LogP contribution in [0.5, 0.6) is 0 Å². The molecule has 0 spiro atoms. The van der Waals surface area contributed by atoms with Crippen LogP contribution in [0.25, 0.3) is 0 Å². The maximum atomic E-state index is 12.4. The van der Waals surface area contributed by atoms with Crippen LogP contribution in [-0.2, 0) is 6.42 Å². The number of piperidine rings is 1. The number of carbonyl (C=O) groups is 1. The number of likely N-dealkylation sites (tertiary alicyclic amines) is 1.